The first-order valence-corrected chi connectivity index (χ1v) is 8.32. The summed E-state index contributed by atoms with van der Waals surface area (Å²) >= 11 is 1.52. The third kappa shape index (κ3) is 3.75. The second kappa shape index (κ2) is 7.18. The quantitative estimate of drug-likeness (QED) is 0.553. The Balaban J connectivity index is 1.62. The van der Waals surface area contributed by atoms with Gasteiger partial charge in [-0.15, -0.1) is 0 Å². The van der Waals surface area contributed by atoms with Gasteiger partial charge in [0.25, 0.3) is 5.91 Å². The lowest BCUT2D eigenvalue weighted by atomic mass is 10.2. The number of hydrogen-bond acceptors (Lipinski definition) is 6. The number of hydrogen-bond donors (Lipinski definition) is 2. The van der Waals surface area contributed by atoms with Crippen molar-refractivity contribution >= 4 is 38.3 Å². The first-order valence-electron chi connectivity index (χ1n) is 7.50. The minimum Gasteiger partial charge on any atom is -0.350 e. The Kier molecular flexibility index (Phi) is 4.81. The van der Waals surface area contributed by atoms with E-state index in [-0.39, 0.29) is 5.91 Å². The molecule has 0 aliphatic heterocycles. The highest BCUT2D eigenvalue weighted by Crippen LogP contribution is 2.25. The Morgan fingerprint density at radius 1 is 1.21 bits per heavy atom. The maximum absolute atomic E-state index is 12.2. The maximum atomic E-state index is 12.2. The molecule has 1 atom stereocenters. The molecular formula is C17H17N5OS. The number of carbonyl (C=O) groups excluding carboxylic acids is 1. The van der Waals surface area contributed by atoms with E-state index in [4.69, 9.17) is 0 Å². The lowest BCUT2D eigenvalue weighted by Gasteiger charge is -2.11. The van der Waals surface area contributed by atoms with Crippen LogP contribution in [0.5, 0.6) is 0 Å². The number of thiazole rings is 1. The highest BCUT2D eigenvalue weighted by molar-refractivity contribution is 7.22. The van der Waals surface area contributed by atoms with Crippen LogP contribution >= 0.6 is 11.3 Å². The molecule has 0 unspecified atom stereocenters. The number of hydrazone groups is 1. The van der Waals surface area contributed by atoms with Crippen molar-refractivity contribution in [3.05, 3.63) is 54.4 Å². The average molecular weight is 339 g/mol. The highest BCUT2D eigenvalue weighted by Gasteiger charge is 2.14. The van der Waals surface area contributed by atoms with Gasteiger partial charge >= 0.3 is 0 Å². The predicted octanol–water partition coefficient (Wildman–Crippen LogP) is 3.03. The molecule has 2 aromatic heterocycles. The fourth-order valence-electron chi connectivity index (χ4n) is 2.08. The summed E-state index contributed by atoms with van der Waals surface area (Å²) in [6.45, 7) is 3.61. The molecule has 24 heavy (non-hydrogen) atoms. The van der Waals surface area contributed by atoms with Crippen LogP contribution in [0, 0.1) is 0 Å². The molecular weight excluding hydrogens is 322 g/mol. The SMILES string of the molecule is C/C(=N/NC(=O)[C@H](C)Nc1nc2ccccc2s1)c1ccncc1. The number of amides is 1. The van der Waals surface area contributed by atoms with Crippen LogP contribution in [0.3, 0.4) is 0 Å². The highest BCUT2D eigenvalue weighted by atomic mass is 32.1. The molecule has 3 aromatic rings. The monoisotopic (exact) mass is 339 g/mol. The number of rotatable bonds is 5. The van der Waals surface area contributed by atoms with Crippen molar-refractivity contribution in [3.63, 3.8) is 0 Å². The average Bonchev–Trinajstić information content (AvgIpc) is 3.02. The second-order valence-electron chi connectivity index (χ2n) is 5.26. The largest absolute Gasteiger partial charge is 0.350 e. The van der Waals surface area contributed by atoms with E-state index in [2.05, 4.69) is 25.8 Å². The summed E-state index contributed by atoms with van der Waals surface area (Å²) in [5.74, 6) is -0.220. The number of anilines is 1. The van der Waals surface area contributed by atoms with Gasteiger partial charge in [-0.3, -0.25) is 9.78 Å². The normalized spacial score (nSPS) is 12.8. The standard InChI is InChI=1S/C17H17N5OS/c1-11(13-7-9-18-10-8-13)21-22-16(23)12(2)19-17-20-14-5-3-4-6-15(14)24-17/h3-10,12H,1-2H3,(H,19,20)(H,22,23)/b21-11-/t12-/m0/s1. The van der Waals surface area contributed by atoms with Gasteiger partial charge in [0, 0.05) is 18.0 Å². The van der Waals surface area contributed by atoms with Gasteiger partial charge in [0.2, 0.25) is 0 Å². The Labute approximate surface area is 143 Å². The van der Waals surface area contributed by atoms with Gasteiger partial charge < -0.3 is 5.32 Å². The molecule has 2 heterocycles. The van der Waals surface area contributed by atoms with Crippen LogP contribution in [0.1, 0.15) is 19.4 Å². The second-order valence-corrected chi connectivity index (χ2v) is 6.29. The van der Waals surface area contributed by atoms with E-state index in [9.17, 15) is 4.79 Å². The molecule has 3 rings (SSSR count). The zero-order valence-electron chi connectivity index (χ0n) is 13.4. The molecule has 0 bridgehead atoms. The number of para-hydroxylation sites is 1. The molecule has 1 amide bonds. The molecule has 6 nitrogen and oxygen atoms in total. The Morgan fingerprint density at radius 3 is 2.71 bits per heavy atom. The van der Waals surface area contributed by atoms with Crippen LogP contribution in [-0.2, 0) is 4.79 Å². The van der Waals surface area contributed by atoms with E-state index in [0.717, 1.165) is 21.5 Å². The fourth-order valence-corrected chi connectivity index (χ4v) is 3.03. The zero-order chi connectivity index (χ0) is 16.9. The maximum Gasteiger partial charge on any atom is 0.262 e. The number of nitrogens with one attached hydrogen (secondary N) is 2. The summed E-state index contributed by atoms with van der Waals surface area (Å²) in [5, 5.41) is 7.96. The lowest BCUT2D eigenvalue weighted by Crippen LogP contribution is -2.35. The van der Waals surface area contributed by atoms with Gasteiger partial charge in [0.05, 0.1) is 15.9 Å². The van der Waals surface area contributed by atoms with Gasteiger partial charge in [0.1, 0.15) is 6.04 Å². The molecule has 0 radical (unpaired) electrons. The fraction of sp³-hybridized carbons (Fsp3) is 0.176. The summed E-state index contributed by atoms with van der Waals surface area (Å²) in [5.41, 5.74) is 5.13. The van der Waals surface area contributed by atoms with Crippen LogP contribution in [0.15, 0.2) is 53.9 Å². The minimum atomic E-state index is -0.445. The van der Waals surface area contributed by atoms with Gasteiger partial charge in [0.15, 0.2) is 5.13 Å². The summed E-state index contributed by atoms with van der Waals surface area (Å²) in [7, 11) is 0. The van der Waals surface area contributed by atoms with Crippen LogP contribution in [0.2, 0.25) is 0 Å². The van der Waals surface area contributed by atoms with Gasteiger partial charge in [-0.2, -0.15) is 5.10 Å². The summed E-state index contributed by atoms with van der Waals surface area (Å²) in [6.07, 6.45) is 3.38. The van der Waals surface area contributed by atoms with Crippen molar-refractivity contribution in [2.45, 2.75) is 19.9 Å². The summed E-state index contributed by atoms with van der Waals surface area (Å²) in [4.78, 5) is 20.6. The Bertz CT molecular complexity index is 842. The van der Waals surface area contributed by atoms with Crippen LogP contribution in [0.4, 0.5) is 5.13 Å². The van der Waals surface area contributed by atoms with E-state index in [1.165, 1.54) is 11.3 Å². The van der Waals surface area contributed by atoms with Crippen molar-refractivity contribution in [3.8, 4) is 0 Å². The number of carbonyl (C=O) groups is 1. The van der Waals surface area contributed by atoms with Crippen molar-refractivity contribution in [2.24, 2.45) is 5.10 Å². The predicted molar refractivity (Wildman–Crippen MR) is 97.3 cm³/mol. The van der Waals surface area contributed by atoms with Crippen molar-refractivity contribution in [1.82, 2.24) is 15.4 Å². The third-order valence-corrected chi connectivity index (χ3v) is 4.43. The molecule has 2 N–H and O–H groups in total. The third-order valence-electron chi connectivity index (χ3n) is 3.46. The molecule has 0 spiro atoms. The van der Waals surface area contributed by atoms with Crippen LogP contribution < -0.4 is 10.7 Å². The molecule has 7 heteroatoms. The van der Waals surface area contributed by atoms with E-state index < -0.39 is 6.04 Å². The first-order chi connectivity index (χ1) is 11.6. The van der Waals surface area contributed by atoms with Gasteiger partial charge in [-0.05, 0) is 38.1 Å². The molecule has 0 fully saturated rings. The molecule has 0 aliphatic carbocycles. The number of aromatic nitrogens is 2. The Morgan fingerprint density at radius 2 is 1.96 bits per heavy atom. The van der Waals surface area contributed by atoms with Crippen molar-refractivity contribution in [2.75, 3.05) is 5.32 Å². The molecule has 122 valence electrons. The van der Waals surface area contributed by atoms with Crippen LogP contribution in [-0.4, -0.2) is 27.6 Å². The molecule has 0 aliphatic rings. The minimum absolute atomic E-state index is 0.220. The topological polar surface area (TPSA) is 79.3 Å². The summed E-state index contributed by atoms with van der Waals surface area (Å²) < 4.78 is 1.08. The zero-order valence-corrected chi connectivity index (χ0v) is 14.2. The van der Waals surface area contributed by atoms with Gasteiger partial charge in [-0.1, -0.05) is 23.5 Å². The lowest BCUT2D eigenvalue weighted by molar-refractivity contribution is -0.121. The number of benzene rings is 1. The van der Waals surface area contributed by atoms with E-state index in [1.807, 2.05) is 43.3 Å². The number of fused-ring (bicyclic) bond motifs is 1. The number of nitrogens with zero attached hydrogens (tertiary/aromatic N) is 3. The number of pyridine rings is 1. The molecule has 0 saturated carbocycles. The van der Waals surface area contributed by atoms with Crippen molar-refractivity contribution < 1.29 is 4.79 Å². The van der Waals surface area contributed by atoms with Gasteiger partial charge in [-0.25, -0.2) is 10.4 Å². The summed E-state index contributed by atoms with van der Waals surface area (Å²) in [6, 6.07) is 11.1. The molecule has 0 saturated heterocycles. The van der Waals surface area contributed by atoms with Crippen LogP contribution in [0.25, 0.3) is 10.2 Å². The molecule has 1 aromatic carbocycles. The first kappa shape index (κ1) is 16.1. The van der Waals surface area contributed by atoms with E-state index >= 15 is 0 Å². The van der Waals surface area contributed by atoms with Crippen molar-refractivity contribution in [1.29, 1.82) is 0 Å². The van der Waals surface area contributed by atoms with E-state index in [0.29, 0.717) is 5.13 Å². The smallest absolute Gasteiger partial charge is 0.262 e. The van der Waals surface area contributed by atoms with E-state index in [1.54, 1.807) is 19.3 Å². The Hall–Kier alpha value is -2.80.